The lowest BCUT2D eigenvalue weighted by molar-refractivity contribution is 0.0605. The van der Waals surface area contributed by atoms with Crippen molar-refractivity contribution in [3.63, 3.8) is 0 Å². The summed E-state index contributed by atoms with van der Waals surface area (Å²) in [6, 6.07) is 9.17. The van der Waals surface area contributed by atoms with Gasteiger partial charge >= 0.3 is 5.97 Å². The molecule has 5 nitrogen and oxygen atoms in total. The molecule has 0 radical (unpaired) electrons. The van der Waals surface area contributed by atoms with Crippen LogP contribution < -0.4 is 4.74 Å². The Bertz CT molecular complexity index is 1000. The molecule has 0 spiro atoms. The van der Waals surface area contributed by atoms with Crippen LogP contribution in [-0.4, -0.2) is 31.0 Å². The molecule has 0 unspecified atom stereocenters. The molecule has 0 saturated carbocycles. The minimum Gasteiger partial charge on any atom is -0.497 e. The highest BCUT2D eigenvalue weighted by atomic mass is 32.1. The first kappa shape index (κ1) is 17.8. The van der Waals surface area contributed by atoms with E-state index in [0.29, 0.717) is 15.3 Å². The first-order valence-electron chi connectivity index (χ1n) is 7.87. The smallest absolute Gasteiger partial charge is 0.348 e. The number of hydrogen-bond donors (Lipinski definition) is 0. The molecule has 0 bridgehead atoms. The van der Waals surface area contributed by atoms with Crippen LogP contribution in [0.5, 0.6) is 5.75 Å². The summed E-state index contributed by atoms with van der Waals surface area (Å²) in [5.74, 6) is 0.218. The summed E-state index contributed by atoms with van der Waals surface area (Å²) in [5.41, 5.74) is 2.14. The fourth-order valence-electron chi connectivity index (χ4n) is 2.50. The van der Waals surface area contributed by atoms with E-state index < -0.39 is 5.97 Å². The van der Waals surface area contributed by atoms with Crippen molar-refractivity contribution in [2.24, 2.45) is 0 Å². The molecule has 0 aliphatic carbocycles. The number of nitrogens with zero attached hydrogens (tertiary/aromatic N) is 1. The van der Waals surface area contributed by atoms with Gasteiger partial charge in [0.2, 0.25) is 0 Å². The highest BCUT2D eigenvalue weighted by molar-refractivity contribution is 7.20. The number of carbonyl (C=O) groups excluding carboxylic acids is 2. The molecule has 0 amide bonds. The van der Waals surface area contributed by atoms with E-state index in [1.807, 2.05) is 31.2 Å². The highest BCUT2D eigenvalue weighted by Gasteiger charge is 2.17. The van der Waals surface area contributed by atoms with Gasteiger partial charge in [0, 0.05) is 17.1 Å². The van der Waals surface area contributed by atoms with Gasteiger partial charge in [-0.3, -0.25) is 4.79 Å². The van der Waals surface area contributed by atoms with E-state index in [1.54, 1.807) is 19.3 Å². The maximum atomic E-state index is 12.5. The number of rotatable bonds is 5. The standard InChI is InChI=1S/C20H17NO4S/c1-12-16-10-14(11-21-19(16)26-18(12)20(23)25-3)17(22)9-6-13-4-7-15(24-2)8-5-13/h4-11H,1-3H3/b9-6+. The molecule has 3 aromatic rings. The monoisotopic (exact) mass is 367 g/mol. The zero-order chi connectivity index (χ0) is 18.7. The zero-order valence-electron chi connectivity index (χ0n) is 14.6. The number of ether oxygens (including phenoxy) is 2. The van der Waals surface area contributed by atoms with Crippen molar-refractivity contribution in [2.45, 2.75) is 6.92 Å². The van der Waals surface area contributed by atoms with Crippen molar-refractivity contribution in [3.05, 3.63) is 64.2 Å². The number of hydrogen-bond acceptors (Lipinski definition) is 6. The Kier molecular flexibility index (Phi) is 5.14. The van der Waals surface area contributed by atoms with E-state index in [9.17, 15) is 9.59 Å². The number of allylic oxidation sites excluding steroid dienone is 1. The lowest BCUT2D eigenvalue weighted by Gasteiger charge is -2.00. The van der Waals surface area contributed by atoms with Gasteiger partial charge in [-0.1, -0.05) is 18.2 Å². The highest BCUT2D eigenvalue weighted by Crippen LogP contribution is 2.30. The summed E-state index contributed by atoms with van der Waals surface area (Å²) >= 11 is 1.26. The van der Waals surface area contributed by atoms with Gasteiger partial charge in [-0.25, -0.2) is 9.78 Å². The molecule has 26 heavy (non-hydrogen) atoms. The molecule has 0 aliphatic heterocycles. The second-order valence-electron chi connectivity index (χ2n) is 5.60. The Balaban J connectivity index is 1.87. The van der Waals surface area contributed by atoms with Crippen molar-refractivity contribution in [1.29, 1.82) is 0 Å². The number of fused-ring (bicyclic) bond motifs is 1. The third-order valence-corrected chi connectivity index (χ3v) is 5.19. The minimum absolute atomic E-state index is 0.152. The first-order chi connectivity index (χ1) is 12.5. The molecule has 0 fully saturated rings. The van der Waals surface area contributed by atoms with Crippen molar-refractivity contribution in [3.8, 4) is 5.75 Å². The Morgan fingerprint density at radius 3 is 2.54 bits per heavy atom. The van der Waals surface area contributed by atoms with Gasteiger partial charge in [0.15, 0.2) is 5.78 Å². The summed E-state index contributed by atoms with van der Waals surface area (Å²) < 4.78 is 9.90. The van der Waals surface area contributed by atoms with Gasteiger partial charge in [-0.15, -0.1) is 11.3 Å². The molecular weight excluding hydrogens is 350 g/mol. The number of esters is 1. The summed E-state index contributed by atoms with van der Waals surface area (Å²) in [7, 11) is 2.95. The summed E-state index contributed by atoms with van der Waals surface area (Å²) in [5, 5.41) is 0.791. The SMILES string of the molecule is COC(=O)c1sc2ncc(C(=O)/C=C/c3ccc(OC)cc3)cc2c1C. The molecule has 0 aliphatic rings. The van der Waals surface area contributed by atoms with Gasteiger partial charge in [0.25, 0.3) is 0 Å². The summed E-state index contributed by atoms with van der Waals surface area (Å²) in [6.45, 7) is 1.83. The number of thiophene rings is 1. The second-order valence-corrected chi connectivity index (χ2v) is 6.59. The predicted molar refractivity (Wildman–Crippen MR) is 102 cm³/mol. The number of methoxy groups -OCH3 is 2. The van der Waals surface area contributed by atoms with E-state index in [2.05, 4.69) is 4.98 Å². The Labute approximate surface area is 154 Å². The molecule has 2 aromatic heterocycles. The number of benzene rings is 1. The molecule has 0 N–H and O–H groups in total. The number of carbonyl (C=O) groups is 2. The Morgan fingerprint density at radius 1 is 1.15 bits per heavy atom. The van der Waals surface area contributed by atoms with Gasteiger partial charge in [-0.05, 0) is 42.3 Å². The lowest BCUT2D eigenvalue weighted by atomic mass is 10.1. The molecule has 3 rings (SSSR count). The fraction of sp³-hybridized carbons (Fsp3) is 0.150. The van der Waals surface area contributed by atoms with Crippen LogP contribution in [0.3, 0.4) is 0 Å². The molecule has 0 atom stereocenters. The topological polar surface area (TPSA) is 65.5 Å². The fourth-order valence-corrected chi connectivity index (χ4v) is 3.55. The van der Waals surface area contributed by atoms with Crippen LogP contribution in [0, 0.1) is 6.92 Å². The van der Waals surface area contributed by atoms with Gasteiger partial charge in [0.1, 0.15) is 15.5 Å². The van der Waals surface area contributed by atoms with Gasteiger partial charge < -0.3 is 9.47 Å². The molecule has 6 heteroatoms. The lowest BCUT2D eigenvalue weighted by Crippen LogP contribution is -1.99. The largest absolute Gasteiger partial charge is 0.497 e. The van der Waals surface area contributed by atoms with Crippen LogP contribution in [0.25, 0.3) is 16.3 Å². The number of pyridine rings is 1. The van der Waals surface area contributed by atoms with Crippen molar-refractivity contribution in [2.75, 3.05) is 14.2 Å². The van der Waals surface area contributed by atoms with Crippen molar-refractivity contribution >= 4 is 39.4 Å². The maximum Gasteiger partial charge on any atom is 0.348 e. The number of aromatic nitrogens is 1. The van der Waals surface area contributed by atoms with Gasteiger partial charge in [-0.2, -0.15) is 0 Å². The molecule has 2 heterocycles. The average molecular weight is 367 g/mol. The van der Waals surface area contributed by atoms with Crippen molar-refractivity contribution < 1.29 is 19.1 Å². The zero-order valence-corrected chi connectivity index (χ0v) is 15.4. The molecular formula is C20H17NO4S. The van der Waals surface area contributed by atoms with Crippen LogP contribution in [0.1, 0.15) is 31.2 Å². The normalized spacial score (nSPS) is 11.0. The van der Waals surface area contributed by atoms with Crippen LogP contribution >= 0.6 is 11.3 Å². The van der Waals surface area contributed by atoms with Crippen molar-refractivity contribution in [1.82, 2.24) is 4.98 Å². The van der Waals surface area contributed by atoms with Crippen LogP contribution in [0.4, 0.5) is 0 Å². The van der Waals surface area contributed by atoms with E-state index in [4.69, 9.17) is 9.47 Å². The molecule has 0 saturated heterocycles. The Hall–Kier alpha value is -2.99. The molecule has 132 valence electrons. The third kappa shape index (κ3) is 3.50. The Morgan fingerprint density at radius 2 is 1.88 bits per heavy atom. The average Bonchev–Trinajstić information content (AvgIpc) is 3.02. The first-order valence-corrected chi connectivity index (χ1v) is 8.69. The minimum atomic E-state index is -0.391. The van der Waals surface area contributed by atoms with Crippen LogP contribution in [0.2, 0.25) is 0 Å². The van der Waals surface area contributed by atoms with E-state index in [-0.39, 0.29) is 5.78 Å². The van der Waals surface area contributed by atoms with Gasteiger partial charge in [0.05, 0.1) is 14.2 Å². The summed E-state index contributed by atoms with van der Waals surface area (Å²) in [4.78, 5) is 29.8. The summed E-state index contributed by atoms with van der Waals surface area (Å²) in [6.07, 6.45) is 4.78. The number of aryl methyl sites for hydroxylation is 1. The third-order valence-electron chi connectivity index (χ3n) is 3.99. The quantitative estimate of drug-likeness (QED) is 0.382. The second kappa shape index (κ2) is 7.49. The number of ketones is 1. The van der Waals surface area contributed by atoms with Crippen LogP contribution in [0.15, 0.2) is 42.6 Å². The predicted octanol–water partition coefficient (Wildman–Crippen LogP) is 4.30. The molecule has 1 aromatic carbocycles. The van der Waals surface area contributed by atoms with E-state index >= 15 is 0 Å². The van der Waals surface area contributed by atoms with E-state index in [1.165, 1.54) is 30.7 Å². The van der Waals surface area contributed by atoms with Crippen LogP contribution in [-0.2, 0) is 4.74 Å². The maximum absolute atomic E-state index is 12.5. The van der Waals surface area contributed by atoms with E-state index in [0.717, 1.165) is 22.3 Å².